The van der Waals surface area contributed by atoms with Gasteiger partial charge in [-0.3, -0.25) is 9.69 Å². The van der Waals surface area contributed by atoms with Crippen molar-refractivity contribution in [1.82, 2.24) is 20.0 Å². The molecule has 3 aromatic rings. The van der Waals surface area contributed by atoms with Crippen molar-refractivity contribution in [2.75, 3.05) is 43.9 Å². The molecular formula is C30H30ClF3N6O. The van der Waals surface area contributed by atoms with Crippen LogP contribution < -0.4 is 10.6 Å². The van der Waals surface area contributed by atoms with Gasteiger partial charge in [0.1, 0.15) is 11.5 Å². The molecule has 1 aliphatic carbocycles. The van der Waals surface area contributed by atoms with Gasteiger partial charge in [0.2, 0.25) is 0 Å². The maximum Gasteiger partial charge on any atom is 0.416 e. The number of carbonyl (C=O) groups excluding carboxylic acids is 1. The van der Waals surface area contributed by atoms with Crippen LogP contribution in [-0.2, 0) is 12.7 Å². The van der Waals surface area contributed by atoms with Gasteiger partial charge in [0.15, 0.2) is 0 Å². The fourth-order valence-electron chi connectivity index (χ4n) is 4.64. The Labute approximate surface area is 242 Å². The second-order valence-electron chi connectivity index (χ2n) is 10.4. The highest BCUT2D eigenvalue weighted by Gasteiger charge is 2.34. The van der Waals surface area contributed by atoms with Crippen LogP contribution in [0.25, 0.3) is 0 Å². The van der Waals surface area contributed by atoms with Gasteiger partial charge in [0.05, 0.1) is 10.6 Å². The quantitative estimate of drug-likeness (QED) is 0.373. The predicted molar refractivity (Wildman–Crippen MR) is 153 cm³/mol. The maximum atomic E-state index is 13.9. The highest BCUT2D eigenvalue weighted by atomic mass is 35.5. The Morgan fingerprint density at radius 1 is 1.02 bits per heavy atom. The Hall–Kier alpha value is -3.65. The van der Waals surface area contributed by atoms with Gasteiger partial charge in [0.25, 0.3) is 5.91 Å². The number of halogens is 4. The second kappa shape index (κ2) is 12.5. The number of amides is 1. The molecule has 2 N–H and O–H groups in total. The topological polar surface area (TPSA) is 73.4 Å². The molecule has 41 heavy (non-hydrogen) atoms. The van der Waals surface area contributed by atoms with E-state index >= 15 is 0 Å². The number of likely N-dealkylation sites (N-methyl/N-ethyl adjacent to an activating group) is 1. The Morgan fingerprint density at radius 2 is 1.80 bits per heavy atom. The Kier molecular flexibility index (Phi) is 8.78. The first-order valence-electron chi connectivity index (χ1n) is 13.5. The van der Waals surface area contributed by atoms with Crippen LogP contribution in [0.1, 0.15) is 52.0 Å². The van der Waals surface area contributed by atoms with Crippen LogP contribution in [0.4, 0.5) is 24.7 Å². The zero-order chi connectivity index (χ0) is 29.0. The van der Waals surface area contributed by atoms with E-state index < -0.39 is 17.6 Å². The first-order chi connectivity index (χ1) is 19.6. The highest BCUT2D eigenvalue weighted by molar-refractivity contribution is 6.32. The lowest BCUT2D eigenvalue weighted by Gasteiger charge is -2.33. The predicted octanol–water partition coefficient (Wildman–Crippen LogP) is 5.51. The van der Waals surface area contributed by atoms with Gasteiger partial charge in [-0.1, -0.05) is 23.6 Å². The van der Waals surface area contributed by atoms with Gasteiger partial charge >= 0.3 is 6.18 Å². The molecule has 7 nitrogen and oxygen atoms in total. The number of nitrogens with one attached hydrogen (secondary N) is 2. The van der Waals surface area contributed by atoms with Crippen LogP contribution in [0.5, 0.6) is 0 Å². The number of anilines is 2. The molecule has 0 unspecified atom stereocenters. The Bertz CT molecular complexity index is 1460. The average Bonchev–Trinajstić information content (AvgIpc) is 2.92. The molecule has 1 aromatic heterocycles. The van der Waals surface area contributed by atoms with Gasteiger partial charge in [-0.15, -0.1) is 10.2 Å². The van der Waals surface area contributed by atoms with Gasteiger partial charge in [-0.2, -0.15) is 13.2 Å². The van der Waals surface area contributed by atoms with Gasteiger partial charge in [-0.05, 0) is 80.3 Å². The minimum Gasteiger partial charge on any atom is -0.366 e. The number of hydrogen-bond acceptors (Lipinski definition) is 6. The van der Waals surface area contributed by atoms with E-state index in [2.05, 4.69) is 37.6 Å². The molecule has 2 fully saturated rings. The van der Waals surface area contributed by atoms with Crippen molar-refractivity contribution < 1.29 is 18.0 Å². The molecule has 0 spiro atoms. The summed E-state index contributed by atoms with van der Waals surface area (Å²) in [7, 11) is 1.99. The van der Waals surface area contributed by atoms with Crippen LogP contribution in [0.15, 0.2) is 48.5 Å². The van der Waals surface area contributed by atoms with Crippen LogP contribution in [0.3, 0.4) is 0 Å². The van der Waals surface area contributed by atoms with Crippen molar-refractivity contribution in [2.45, 2.75) is 38.0 Å². The molecule has 214 valence electrons. The lowest BCUT2D eigenvalue weighted by atomic mass is 9.93. The largest absolute Gasteiger partial charge is 0.416 e. The summed E-state index contributed by atoms with van der Waals surface area (Å²) in [6.07, 6.45) is -1.10. The van der Waals surface area contributed by atoms with Gasteiger partial charge in [-0.25, -0.2) is 0 Å². The highest BCUT2D eigenvalue weighted by Crippen LogP contribution is 2.35. The maximum absolute atomic E-state index is 13.9. The fraction of sp³-hybridized carbons (Fsp3) is 0.367. The number of piperazine rings is 1. The molecular weight excluding hydrogens is 553 g/mol. The molecule has 11 heteroatoms. The smallest absolute Gasteiger partial charge is 0.366 e. The van der Waals surface area contributed by atoms with Crippen molar-refractivity contribution in [3.63, 3.8) is 0 Å². The third kappa shape index (κ3) is 7.55. The normalized spacial score (nSPS) is 16.4. The second-order valence-corrected chi connectivity index (χ2v) is 10.8. The monoisotopic (exact) mass is 582 g/mol. The number of alkyl halides is 3. The van der Waals surface area contributed by atoms with E-state index in [0.717, 1.165) is 32.0 Å². The van der Waals surface area contributed by atoms with Gasteiger partial charge in [0, 0.05) is 55.6 Å². The third-order valence-corrected chi connectivity index (χ3v) is 7.67. The van der Waals surface area contributed by atoms with Crippen molar-refractivity contribution in [3.05, 3.63) is 81.5 Å². The summed E-state index contributed by atoms with van der Waals surface area (Å²) in [5, 5.41) is 14.5. The zero-order valence-electron chi connectivity index (χ0n) is 22.6. The molecule has 1 saturated carbocycles. The Morgan fingerprint density at radius 3 is 2.46 bits per heavy atom. The van der Waals surface area contributed by atoms with Crippen LogP contribution in [0.2, 0.25) is 5.02 Å². The van der Waals surface area contributed by atoms with E-state index in [4.69, 9.17) is 11.6 Å². The van der Waals surface area contributed by atoms with Crippen LogP contribution in [0, 0.1) is 11.8 Å². The number of hydrogen-bond donors (Lipinski definition) is 2. The van der Waals surface area contributed by atoms with Crippen LogP contribution in [-0.4, -0.2) is 65.2 Å². The summed E-state index contributed by atoms with van der Waals surface area (Å²) >= 11 is 6.30. The molecule has 2 aliphatic rings. The molecule has 1 saturated heterocycles. The minimum atomic E-state index is -4.56. The number of nitrogens with zero attached hydrogens (tertiary/aromatic N) is 4. The van der Waals surface area contributed by atoms with E-state index in [1.807, 2.05) is 18.0 Å². The molecule has 5 rings (SSSR count). The van der Waals surface area contributed by atoms with E-state index in [0.29, 0.717) is 41.2 Å². The molecule has 1 amide bonds. The lowest BCUT2D eigenvalue weighted by Crippen LogP contribution is -2.44. The summed E-state index contributed by atoms with van der Waals surface area (Å²) in [4.78, 5) is 17.1. The average molecular weight is 583 g/mol. The third-order valence-electron chi connectivity index (χ3n) is 7.34. The van der Waals surface area contributed by atoms with Crippen molar-refractivity contribution in [1.29, 1.82) is 0 Å². The summed E-state index contributed by atoms with van der Waals surface area (Å²) in [6, 6.07) is 12.4. The van der Waals surface area contributed by atoms with Gasteiger partial charge < -0.3 is 15.5 Å². The molecule has 2 aromatic carbocycles. The zero-order valence-corrected chi connectivity index (χ0v) is 23.3. The standard InChI is InChI=1S/C30H30ClF3N6O/c1-39-13-15-40(16-14-39)19-22-6-9-25(18-26(22)30(32,33)34)36-29(41)21-7-11-27(31)20(17-21)5-8-24-10-12-28(38-37-24)35-23-3-2-4-23/h6-7,9-12,17-18,23H,2-4,13-16,19H2,1H3,(H,35,38)(H,36,41). The number of carbonyl (C=O) groups is 1. The molecule has 0 radical (unpaired) electrons. The first-order valence-corrected chi connectivity index (χ1v) is 13.9. The van der Waals surface area contributed by atoms with E-state index in [9.17, 15) is 18.0 Å². The first kappa shape index (κ1) is 28.9. The fourth-order valence-corrected chi connectivity index (χ4v) is 4.80. The summed E-state index contributed by atoms with van der Waals surface area (Å²) in [5.74, 6) is 5.92. The van der Waals surface area contributed by atoms with E-state index in [1.54, 1.807) is 6.07 Å². The molecule has 0 atom stereocenters. The summed E-state index contributed by atoms with van der Waals surface area (Å²) < 4.78 is 41.8. The summed E-state index contributed by atoms with van der Waals surface area (Å²) in [5.41, 5.74) is 0.506. The van der Waals surface area contributed by atoms with Crippen molar-refractivity contribution in [2.24, 2.45) is 0 Å². The van der Waals surface area contributed by atoms with E-state index in [1.165, 1.54) is 36.8 Å². The molecule has 2 heterocycles. The SMILES string of the molecule is CN1CCN(Cc2ccc(NC(=O)c3ccc(Cl)c(C#Cc4ccc(NC5CCC5)nn4)c3)cc2C(F)(F)F)CC1. The van der Waals surface area contributed by atoms with Crippen molar-refractivity contribution in [3.8, 4) is 11.8 Å². The minimum absolute atomic E-state index is 0.0536. The summed E-state index contributed by atoms with van der Waals surface area (Å²) in [6.45, 7) is 3.20. The van der Waals surface area contributed by atoms with Crippen LogP contribution >= 0.6 is 11.6 Å². The lowest BCUT2D eigenvalue weighted by molar-refractivity contribution is -0.138. The number of benzene rings is 2. The number of rotatable bonds is 6. The number of aromatic nitrogens is 2. The molecule has 0 bridgehead atoms. The van der Waals surface area contributed by atoms with Crippen molar-refractivity contribution >= 4 is 29.0 Å². The Balaban J connectivity index is 1.28. The molecule has 1 aliphatic heterocycles. The van der Waals surface area contributed by atoms with E-state index in [-0.39, 0.29) is 23.4 Å².